The largest absolute Gasteiger partial charge is 0.462 e. The molecular weight excluding hydrogens is 733 g/mol. The third-order valence-corrected chi connectivity index (χ3v) is 12.0. The van der Waals surface area contributed by atoms with Crippen molar-refractivity contribution in [1.29, 1.82) is 0 Å². The Morgan fingerprint density at radius 2 is 0.559 bits per heavy atom. The number of carbonyl (C=O) groups is 3. The molecule has 0 rings (SSSR count). The van der Waals surface area contributed by atoms with Crippen LogP contribution in [0.1, 0.15) is 291 Å². The summed E-state index contributed by atoms with van der Waals surface area (Å²) < 4.78 is 16.8. The average Bonchev–Trinajstić information content (AvgIpc) is 3.20. The van der Waals surface area contributed by atoms with Gasteiger partial charge in [-0.05, 0) is 31.1 Å². The molecule has 0 spiro atoms. The molecule has 0 heterocycles. The molecule has 0 fully saturated rings. The molecule has 0 unspecified atom stereocenters. The van der Waals surface area contributed by atoms with Gasteiger partial charge in [0.1, 0.15) is 13.2 Å². The van der Waals surface area contributed by atoms with Crippen LogP contribution >= 0.6 is 0 Å². The van der Waals surface area contributed by atoms with E-state index in [4.69, 9.17) is 14.2 Å². The summed E-state index contributed by atoms with van der Waals surface area (Å²) in [6.45, 7) is 11.3. The van der Waals surface area contributed by atoms with Crippen molar-refractivity contribution in [3.8, 4) is 0 Å². The second-order valence-electron chi connectivity index (χ2n) is 19.1. The van der Waals surface area contributed by atoms with Crippen LogP contribution in [0.3, 0.4) is 0 Å². The minimum Gasteiger partial charge on any atom is -0.462 e. The summed E-state index contributed by atoms with van der Waals surface area (Å²) in [4.78, 5) is 37.8. The van der Waals surface area contributed by atoms with Gasteiger partial charge in [0.05, 0.1) is 0 Å². The topological polar surface area (TPSA) is 78.9 Å². The van der Waals surface area contributed by atoms with E-state index in [0.717, 1.165) is 69.6 Å². The van der Waals surface area contributed by atoms with E-state index in [1.807, 2.05) is 0 Å². The van der Waals surface area contributed by atoms with Crippen molar-refractivity contribution in [1.82, 2.24) is 0 Å². The van der Waals surface area contributed by atoms with Crippen LogP contribution in [0, 0.1) is 11.8 Å². The Hall–Kier alpha value is -1.59. The molecule has 0 saturated carbocycles. The zero-order valence-electron chi connectivity index (χ0n) is 40.4. The molecule has 59 heavy (non-hydrogen) atoms. The zero-order chi connectivity index (χ0) is 43.3. The summed E-state index contributed by atoms with van der Waals surface area (Å²) in [7, 11) is 0. The summed E-state index contributed by atoms with van der Waals surface area (Å²) in [5.41, 5.74) is 0. The van der Waals surface area contributed by atoms with Gasteiger partial charge in [-0.2, -0.15) is 0 Å². The lowest BCUT2D eigenvalue weighted by Crippen LogP contribution is -2.30. The highest BCUT2D eigenvalue weighted by Gasteiger charge is 2.19. The second kappa shape index (κ2) is 45.9. The van der Waals surface area contributed by atoms with E-state index in [0.29, 0.717) is 19.3 Å². The lowest BCUT2D eigenvalue weighted by molar-refractivity contribution is -0.167. The van der Waals surface area contributed by atoms with Crippen LogP contribution in [-0.4, -0.2) is 37.2 Å². The Labute approximate surface area is 368 Å². The molecule has 0 aliphatic carbocycles. The lowest BCUT2D eigenvalue weighted by atomic mass is 10.0. The van der Waals surface area contributed by atoms with Crippen molar-refractivity contribution in [2.75, 3.05) is 13.2 Å². The molecule has 6 heteroatoms. The number of esters is 3. The predicted octanol–water partition coefficient (Wildman–Crippen LogP) is 16.9. The molecule has 350 valence electrons. The van der Waals surface area contributed by atoms with Crippen molar-refractivity contribution in [2.45, 2.75) is 298 Å². The molecule has 0 saturated heterocycles. The molecule has 0 amide bonds. The van der Waals surface area contributed by atoms with Crippen LogP contribution in [0.2, 0.25) is 0 Å². The summed E-state index contributed by atoms with van der Waals surface area (Å²) in [5.74, 6) is 0.803. The van der Waals surface area contributed by atoms with Gasteiger partial charge in [0.15, 0.2) is 6.10 Å². The highest BCUT2D eigenvalue weighted by Crippen LogP contribution is 2.17. The number of rotatable bonds is 47. The van der Waals surface area contributed by atoms with E-state index in [-0.39, 0.29) is 31.1 Å². The van der Waals surface area contributed by atoms with Gasteiger partial charge >= 0.3 is 17.9 Å². The number of ether oxygens (including phenoxy) is 3. The summed E-state index contributed by atoms with van der Waals surface area (Å²) >= 11 is 0. The monoisotopic (exact) mass is 835 g/mol. The highest BCUT2D eigenvalue weighted by molar-refractivity contribution is 5.71. The smallest absolute Gasteiger partial charge is 0.306 e. The molecule has 0 bridgehead atoms. The fourth-order valence-electron chi connectivity index (χ4n) is 7.99. The van der Waals surface area contributed by atoms with Crippen molar-refractivity contribution in [2.24, 2.45) is 11.8 Å². The minimum absolute atomic E-state index is 0.0643. The highest BCUT2D eigenvalue weighted by atomic mass is 16.6. The Kier molecular flexibility index (Phi) is 44.7. The summed E-state index contributed by atoms with van der Waals surface area (Å²) in [6.07, 6.45) is 46.8. The van der Waals surface area contributed by atoms with E-state index in [1.54, 1.807) is 0 Å². The predicted molar refractivity (Wildman–Crippen MR) is 252 cm³/mol. The Balaban J connectivity index is 4.19. The first kappa shape index (κ1) is 57.4. The van der Waals surface area contributed by atoms with Gasteiger partial charge in [0.25, 0.3) is 0 Å². The minimum atomic E-state index is -0.761. The van der Waals surface area contributed by atoms with E-state index in [1.165, 1.54) is 180 Å². The van der Waals surface area contributed by atoms with Crippen LogP contribution in [0.15, 0.2) is 0 Å². The number of hydrogen-bond donors (Lipinski definition) is 0. The SMILES string of the molecule is CCCCCCCCCCCC(=O)OC[C@@H](COC(=O)CCCCCCCCCCC(C)C)OC(=O)CCCCCCCCCCCCCCCCCCCCC(C)C. The number of carbonyl (C=O) groups excluding carboxylic acids is 3. The van der Waals surface area contributed by atoms with Gasteiger partial charge in [-0.15, -0.1) is 0 Å². The van der Waals surface area contributed by atoms with Gasteiger partial charge < -0.3 is 14.2 Å². The van der Waals surface area contributed by atoms with E-state index in [2.05, 4.69) is 34.6 Å². The zero-order valence-corrected chi connectivity index (χ0v) is 40.4. The molecule has 6 nitrogen and oxygen atoms in total. The van der Waals surface area contributed by atoms with Crippen molar-refractivity contribution < 1.29 is 28.6 Å². The van der Waals surface area contributed by atoms with Gasteiger partial charge in [-0.25, -0.2) is 0 Å². The number of hydrogen-bond acceptors (Lipinski definition) is 6. The van der Waals surface area contributed by atoms with Crippen LogP contribution < -0.4 is 0 Å². The van der Waals surface area contributed by atoms with Gasteiger partial charge in [-0.1, -0.05) is 253 Å². The standard InChI is InChI=1S/C53H102O6/c1-6-7-8-9-10-21-28-33-38-43-51(54)57-46-50(47-58-52(55)44-39-34-29-25-24-27-32-37-42-49(4)5)59-53(56)45-40-35-30-23-20-18-16-14-12-11-13-15-17-19-22-26-31-36-41-48(2)3/h48-50H,6-47H2,1-5H3/t50-/m0/s1. The molecule has 0 aromatic heterocycles. The molecule has 0 aromatic rings. The van der Waals surface area contributed by atoms with Crippen molar-refractivity contribution in [3.05, 3.63) is 0 Å². The molecule has 0 aliphatic heterocycles. The van der Waals surface area contributed by atoms with E-state index in [9.17, 15) is 14.4 Å². The molecule has 0 N–H and O–H groups in total. The second-order valence-corrected chi connectivity index (χ2v) is 19.1. The third-order valence-electron chi connectivity index (χ3n) is 12.0. The van der Waals surface area contributed by atoms with Crippen molar-refractivity contribution >= 4 is 17.9 Å². The quantitative estimate of drug-likeness (QED) is 0.0345. The maximum absolute atomic E-state index is 12.8. The van der Waals surface area contributed by atoms with Crippen molar-refractivity contribution in [3.63, 3.8) is 0 Å². The first-order valence-electron chi connectivity index (χ1n) is 26.2. The lowest BCUT2D eigenvalue weighted by Gasteiger charge is -2.18. The maximum Gasteiger partial charge on any atom is 0.306 e. The van der Waals surface area contributed by atoms with Gasteiger partial charge in [0.2, 0.25) is 0 Å². The van der Waals surface area contributed by atoms with Crippen LogP contribution in [-0.2, 0) is 28.6 Å². The van der Waals surface area contributed by atoms with Gasteiger partial charge in [0, 0.05) is 19.3 Å². The third kappa shape index (κ3) is 47.3. The Bertz CT molecular complexity index is 900. The summed E-state index contributed by atoms with van der Waals surface area (Å²) in [6, 6.07) is 0. The van der Waals surface area contributed by atoms with Gasteiger partial charge in [-0.3, -0.25) is 14.4 Å². The molecule has 0 aromatic carbocycles. The fourth-order valence-corrected chi connectivity index (χ4v) is 7.99. The molecular formula is C53H102O6. The molecule has 0 radical (unpaired) electrons. The molecule has 1 atom stereocenters. The maximum atomic E-state index is 12.8. The van der Waals surface area contributed by atoms with E-state index >= 15 is 0 Å². The first-order valence-corrected chi connectivity index (χ1v) is 26.2. The fraction of sp³-hybridized carbons (Fsp3) is 0.943. The number of unbranched alkanes of at least 4 members (excludes halogenated alkanes) is 32. The average molecular weight is 835 g/mol. The van der Waals surface area contributed by atoms with E-state index < -0.39 is 6.10 Å². The normalized spacial score (nSPS) is 12.1. The van der Waals surface area contributed by atoms with Crippen LogP contribution in [0.4, 0.5) is 0 Å². The van der Waals surface area contributed by atoms with Crippen LogP contribution in [0.25, 0.3) is 0 Å². The van der Waals surface area contributed by atoms with Crippen LogP contribution in [0.5, 0.6) is 0 Å². The Morgan fingerprint density at radius 3 is 0.831 bits per heavy atom. The Morgan fingerprint density at radius 1 is 0.322 bits per heavy atom. The summed E-state index contributed by atoms with van der Waals surface area (Å²) in [5, 5.41) is 0. The first-order chi connectivity index (χ1) is 28.7. The molecule has 0 aliphatic rings.